The van der Waals surface area contributed by atoms with Crippen LogP contribution in [-0.2, 0) is 19.5 Å². The minimum Gasteiger partial charge on any atom is -0.394 e. The van der Waals surface area contributed by atoms with Crippen LogP contribution in [0.1, 0.15) is 0 Å². The van der Waals surface area contributed by atoms with Gasteiger partial charge in [0.25, 0.3) is 16.1 Å². The van der Waals surface area contributed by atoms with Gasteiger partial charge in [0.2, 0.25) is 11.9 Å². The van der Waals surface area contributed by atoms with E-state index >= 15 is 0 Å². The standard InChI is InChI=1S/C25H35N9O10S2/c35-14-21(37)12-28-19-9-18(26-6-8-46(40,41)42)10-20(11-19)30-16-1-3-17(4-2-16)31-25-33-23(27-5-7-45-44-43-39)32-24(34-25)29-13-22(38)15-36/h1-5,9-11,21-22,26,28,30,35-39H,6-8,12-15H2,(H,40,41,42)(H2,29,31,32,33,34)/b27-5-. The molecule has 1 heterocycles. The third-order valence-electron chi connectivity index (χ3n) is 5.56. The molecule has 46 heavy (non-hydrogen) atoms. The summed E-state index contributed by atoms with van der Waals surface area (Å²) >= 11 is 0.764. The molecule has 1 aromatic heterocycles. The molecule has 0 fully saturated rings. The summed E-state index contributed by atoms with van der Waals surface area (Å²) in [5.74, 6) is -0.0735. The zero-order valence-corrected chi connectivity index (χ0v) is 25.8. The van der Waals surface area contributed by atoms with Crippen LogP contribution in [0.2, 0.25) is 0 Å². The van der Waals surface area contributed by atoms with Gasteiger partial charge in [0.05, 0.1) is 36.9 Å². The Kier molecular flexibility index (Phi) is 15.0. The Morgan fingerprint density at radius 1 is 0.826 bits per heavy atom. The zero-order valence-electron chi connectivity index (χ0n) is 24.1. The van der Waals surface area contributed by atoms with E-state index < -0.39 is 41.3 Å². The molecule has 11 N–H and O–H groups in total. The number of benzene rings is 2. The number of nitrogens with zero attached hydrogens (tertiary/aromatic N) is 4. The molecule has 21 heteroatoms. The van der Waals surface area contributed by atoms with Crippen molar-refractivity contribution in [2.45, 2.75) is 12.2 Å². The molecule has 0 aliphatic rings. The third-order valence-corrected chi connectivity index (χ3v) is 6.72. The molecule has 0 saturated heterocycles. The van der Waals surface area contributed by atoms with E-state index in [2.05, 4.69) is 55.9 Å². The Labute approximate surface area is 268 Å². The summed E-state index contributed by atoms with van der Waals surface area (Å²) in [6.45, 7) is -0.892. The molecule has 0 aliphatic heterocycles. The van der Waals surface area contributed by atoms with Crippen LogP contribution in [0.25, 0.3) is 0 Å². The van der Waals surface area contributed by atoms with Crippen LogP contribution in [0.5, 0.6) is 0 Å². The molecule has 2 unspecified atom stereocenters. The van der Waals surface area contributed by atoms with E-state index in [0.29, 0.717) is 28.4 Å². The molecular weight excluding hydrogens is 650 g/mol. The van der Waals surface area contributed by atoms with Gasteiger partial charge in [-0.1, -0.05) is 5.04 Å². The zero-order chi connectivity index (χ0) is 33.4. The number of rotatable bonds is 21. The van der Waals surface area contributed by atoms with Crippen LogP contribution in [0.4, 0.5) is 46.3 Å². The van der Waals surface area contributed by atoms with Crippen LogP contribution < -0.4 is 26.6 Å². The van der Waals surface area contributed by atoms with Crippen LogP contribution in [0, 0.1) is 0 Å². The van der Waals surface area contributed by atoms with Gasteiger partial charge >= 0.3 is 0 Å². The Bertz CT molecular complexity index is 1500. The fourth-order valence-electron chi connectivity index (χ4n) is 3.49. The Balaban J connectivity index is 1.74. The largest absolute Gasteiger partial charge is 0.394 e. The minimum absolute atomic E-state index is 0.0169. The maximum Gasteiger partial charge on any atom is 0.266 e. The lowest BCUT2D eigenvalue weighted by Crippen LogP contribution is -2.24. The van der Waals surface area contributed by atoms with Crippen molar-refractivity contribution in [3.8, 4) is 0 Å². The van der Waals surface area contributed by atoms with E-state index in [4.69, 9.17) is 20.0 Å². The quantitative estimate of drug-likeness (QED) is 0.0186. The summed E-state index contributed by atoms with van der Waals surface area (Å²) in [6, 6.07) is 12.2. The number of aliphatic hydroxyl groups excluding tert-OH is 4. The van der Waals surface area contributed by atoms with Crippen molar-refractivity contribution in [1.29, 1.82) is 0 Å². The van der Waals surface area contributed by atoms with E-state index in [1.54, 1.807) is 42.5 Å². The number of aliphatic hydroxyl groups is 4. The van der Waals surface area contributed by atoms with E-state index in [1.165, 1.54) is 6.21 Å². The maximum absolute atomic E-state index is 11.1. The highest BCUT2D eigenvalue weighted by Gasteiger charge is 2.10. The van der Waals surface area contributed by atoms with Gasteiger partial charge in [-0.2, -0.15) is 23.4 Å². The number of aliphatic imine (C=N–C) groups is 1. The molecule has 19 nitrogen and oxygen atoms in total. The van der Waals surface area contributed by atoms with Crippen molar-refractivity contribution in [1.82, 2.24) is 15.0 Å². The fraction of sp³-hybridized carbons (Fsp3) is 0.360. The van der Waals surface area contributed by atoms with Gasteiger partial charge in [-0.05, 0) is 42.5 Å². The van der Waals surface area contributed by atoms with Gasteiger partial charge in [-0.3, -0.25) is 4.55 Å². The summed E-state index contributed by atoms with van der Waals surface area (Å²) in [6.07, 6.45) is -0.622. The highest BCUT2D eigenvalue weighted by molar-refractivity contribution is 7.95. The first-order valence-electron chi connectivity index (χ1n) is 13.5. The maximum atomic E-state index is 11.1. The molecule has 252 valence electrons. The number of anilines is 7. The highest BCUT2D eigenvalue weighted by Crippen LogP contribution is 2.27. The monoisotopic (exact) mass is 685 g/mol. The van der Waals surface area contributed by atoms with Gasteiger partial charge in [0, 0.05) is 66.3 Å². The second kappa shape index (κ2) is 18.9. The number of nitrogens with one attached hydrogen (secondary N) is 5. The lowest BCUT2D eigenvalue weighted by Gasteiger charge is -2.16. The number of hydrogen-bond donors (Lipinski definition) is 11. The van der Waals surface area contributed by atoms with Crippen LogP contribution in [-0.4, -0.2) is 116 Å². The molecule has 0 aliphatic carbocycles. The van der Waals surface area contributed by atoms with Crippen molar-refractivity contribution in [2.24, 2.45) is 4.99 Å². The van der Waals surface area contributed by atoms with Gasteiger partial charge in [-0.25, -0.2) is 10.2 Å². The molecule has 2 aromatic carbocycles. The molecule has 3 rings (SSSR count). The van der Waals surface area contributed by atoms with Gasteiger partial charge in [-0.15, -0.1) is 4.33 Å². The van der Waals surface area contributed by atoms with Crippen LogP contribution in [0.3, 0.4) is 0 Å². The van der Waals surface area contributed by atoms with Crippen molar-refractivity contribution in [2.75, 3.05) is 70.9 Å². The lowest BCUT2D eigenvalue weighted by atomic mass is 10.2. The van der Waals surface area contributed by atoms with Crippen molar-refractivity contribution < 1.29 is 48.0 Å². The predicted octanol–water partition coefficient (Wildman–Crippen LogP) is 0.960. The summed E-state index contributed by atoms with van der Waals surface area (Å²) in [5, 5.41) is 64.3. The van der Waals surface area contributed by atoms with Gasteiger partial charge in [0.1, 0.15) is 0 Å². The molecule has 2 atom stereocenters. The SMILES string of the molecule is O=S(=O)(O)CCNc1cc(NCC(O)CO)cc(Nc2ccc(Nc3nc(/N=C\CSOOO)nc(NCC(O)CO)n3)cc2)c1. The molecule has 0 amide bonds. The summed E-state index contributed by atoms with van der Waals surface area (Å²) in [4.78, 5) is 16.8. The van der Waals surface area contributed by atoms with Crippen LogP contribution >= 0.6 is 12.0 Å². The molecule has 3 aromatic rings. The smallest absolute Gasteiger partial charge is 0.266 e. The lowest BCUT2D eigenvalue weighted by molar-refractivity contribution is -0.432. The second-order valence-electron chi connectivity index (χ2n) is 9.30. The van der Waals surface area contributed by atoms with E-state index in [1.807, 2.05) is 0 Å². The van der Waals surface area contributed by atoms with Crippen LogP contribution in [0.15, 0.2) is 47.5 Å². The summed E-state index contributed by atoms with van der Waals surface area (Å²) < 4.78 is 35.5. The summed E-state index contributed by atoms with van der Waals surface area (Å²) in [7, 11) is -4.15. The third kappa shape index (κ3) is 14.0. The number of hydrogen-bond acceptors (Lipinski definition) is 19. The Hall–Kier alpha value is -3.90. The fourth-order valence-corrected chi connectivity index (χ4v) is 4.08. The first kappa shape index (κ1) is 36.6. The topological polar surface area (TPSA) is 285 Å². The first-order valence-corrected chi connectivity index (χ1v) is 16.0. The summed E-state index contributed by atoms with van der Waals surface area (Å²) in [5.41, 5.74) is 2.98. The molecular formula is C25H35N9O10S2. The molecule has 0 saturated carbocycles. The molecule has 0 radical (unpaired) electrons. The molecule has 0 bridgehead atoms. The van der Waals surface area contributed by atoms with Crippen molar-refractivity contribution in [3.63, 3.8) is 0 Å². The van der Waals surface area contributed by atoms with Crippen molar-refractivity contribution in [3.05, 3.63) is 42.5 Å². The number of aromatic nitrogens is 3. The average molecular weight is 686 g/mol. The highest BCUT2D eigenvalue weighted by atomic mass is 32.2. The van der Waals surface area contributed by atoms with Gasteiger partial charge < -0.3 is 47.0 Å². The Morgan fingerprint density at radius 3 is 2.04 bits per heavy atom. The van der Waals surface area contributed by atoms with E-state index in [0.717, 1.165) is 12.0 Å². The second-order valence-corrected chi connectivity index (χ2v) is 11.6. The van der Waals surface area contributed by atoms with E-state index in [-0.39, 0.29) is 43.2 Å². The predicted molar refractivity (Wildman–Crippen MR) is 173 cm³/mol. The molecule has 0 spiro atoms. The Morgan fingerprint density at radius 2 is 1.41 bits per heavy atom. The van der Waals surface area contributed by atoms with E-state index in [9.17, 15) is 18.6 Å². The average Bonchev–Trinajstić information content (AvgIpc) is 3.02. The van der Waals surface area contributed by atoms with Crippen molar-refractivity contribution >= 4 is 74.7 Å². The normalized spacial score (nSPS) is 12.9. The first-order chi connectivity index (χ1) is 22.1. The van der Waals surface area contributed by atoms with Gasteiger partial charge in [0.15, 0.2) is 0 Å². The minimum atomic E-state index is -4.15.